The third-order valence-corrected chi connectivity index (χ3v) is 4.09. The second-order valence-corrected chi connectivity index (χ2v) is 5.40. The number of ether oxygens (including phenoxy) is 1. The number of carbonyl (C=O) groups excluding carboxylic acids is 2. The van der Waals surface area contributed by atoms with Crippen LogP contribution in [-0.2, 0) is 14.3 Å². The van der Waals surface area contributed by atoms with Crippen LogP contribution in [0.2, 0.25) is 10.0 Å². The van der Waals surface area contributed by atoms with E-state index in [0.717, 1.165) is 5.56 Å². The average Bonchev–Trinajstić information content (AvgIpc) is 2.41. The Balaban J connectivity index is 2.32. The normalized spacial score (nSPS) is 22.2. The van der Waals surface area contributed by atoms with E-state index in [1.54, 1.807) is 25.1 Å². The summed E-state index contributed by atoms with van der Waals surface area (Å²) in [6.45, 7) is 2.49. The molecule has 1 N–H and O–H groups in total. The van der Waals surface area contributed by atoms with Gasteiger partial charge in [0.2, 0.25) is 5.91 Å². The fourth-order valence-electron chi connectivity index (χ4n) is 2.42. The van der Waals surface area contributed by atoms with Gasteiger partial charge in [-0.15, -0.1) is 0 Å². The molecule has 0 bridgehead atoms. The van der Waals surface area contributed by atoms with Gasteiger partial charge in [-0.25, -0.2) is 0 Å². The van der Waals surface area contributed by atoms with Crippen molar-refractivity contribution in [3.8, 4) is 0 Å². The zero-order chi connectivity index (χ0) is 14.7. The Morgan fingerprint density at radius 3 is 2.80 bits per heavy atom. The van der Waals surface area contributed by atoms with E-state index in [-0.39, 0.29) is 18.4 Å². The Labute approximate surface area is 127 Å². The van der Waals surface area contributed by atoms with Gasteiger partial charge in [0, 0.05) is 12.5 Å². The van der Waals surface area contributed by atoms with Crippen LogP contribution in [-0.4, -0.2) is 25.0 Å². The van der Waals surface area contributed by atoms with Crippen LogP contribution in [0, 0.1) is 5.92 Å². The third-order valence-electron chi connectivity index (χ3n) is 3.35. The molecule has 0 saturated carbocycles. The van der Waals surface area contributed by atoms with Crippen LogP contribution in [0.1, 0.15) is 24.8 Å². The highest BCUT2D eigenvalue weighted by Crippen LogP contribution is 2.35. The average molecular weight is 316 g/mol. The second kappa shape index (κ2) is 6.46. The Morgan fingerprint density at radius 2 is 2.15 bits per heavy atom. The topological polar surface area (TPSA) is 55.4 Å². The molecule has 0 spiro atoms. The van der Waals surface area contributed by atoms with Crippen molar-refractivity contribution in [3.63, 3.8) is 0 Å². The lowest BCUT2D eigenvalue weighted by Gasteiger charge is -2.30. The van der Waals surface area contributed by atoms with Gasteiger partial charge in [0.15, 0.2) is 0 Å². The van der Waals surface area contributed by atoms with Gasteiger partial charge in [-0.1, -0.05) is 29.3 Å². The Bertz CT molecular complexity index is 533. The van der Waals surface area contributed by atoms with Crippen molar-refractivity contribution in [3.05, 3.63) is 33.8 Å². The number of amides is 1. The summed E-state index contributed by atoms with van der Waals surface area (Å²) in [6.07, 6.45) is 0.660. The molecule has 1 heterocycles. The summed E-state index contributed by atoms with van der Waals surface area (Å²) in [5.74, 6) is -1.87. The van der Waals surface area contributed by atoms with Crippen molar-refractivity contribution in [2.24, 2.45) is 5.92 Å². The molecule has 1 aromatic carbocycles. The molecule has 0 radical (unpaired) electrons. The molecule has 1 aliphatic heterocycles. The van der Waals surface area contributed by atoms with E-state index in [0.29, 0.717) is 23.0 Å². The van der Waals surface area contributed by atoms with Gasteiger partial charge in [-0.2, -0.15) is 0 Å². The van der Waals surface area contributed by atoms with Gasteiger partial charge in [0.1, 0.15) is 5.92 Å². The zero-order valence-corrected chi connectivity index (χ0v) is 12.5. The van der Waals surface area contributed by atoms with Crippen molar-refractivity contribution in [2.75, 3.05) is 13.2 Å². The standard InChI is InChI=1S/C14H15Cl2NO3/c1-2-20-14(19)12-9(5-6-17-13(12)18)8-3-4-10(15)11(16)7-8/h3-4,7,9,12H,2,5-6H2,1H3,(H,17,18)/t9?,12-/m0/s1. The summed E-state index contributed by atoms with van der Waals surface area (Å²) in [7, 11) is 0. The molecule has 1 saturated heterocycles. The molecule has 0 aliphatic carbocycles. The van der Waals surface area contributed by atoms with E-state index in [1.807, 2.05) is 0 Å². The predicted octanol–water partition coefficient (Wildman–Crippen LogP) is 2.78. The Morgan fingerprint density at radius 1 is 1.40 bits per heavy atom. The first kappa shape index (κ1) is 15.1. The first-order chi connectivity index (χ1) is 9.54. The van der Waals surface area contributed by atoms with Crippen LogP contribution < -0.4 is 5.32 Å². The molecule has 4 nitrogen and oxygen atoms in total. The molecule has 1 aromatic rings. The third kappa shape index (κ3) is 3.07. The molecule has 20 heavy (non-hydrogen) atoms. The number of benzene rings is 1. The Hall–Kier alpha value is -1.26. The maximum absolute atomic E-state index is 12.0. The van der Waals surface area contributed by atoms with Crippen LogP contribution >= 0.6 is 23.2 Å². The lowest BCUT2D eigenvalue weighted by atomic mass is 9.80. The van der Waals surface area contributed by atoms with Crippen molar-refractivity contribution in [2.45, 2.75) is 19.3 Å². The number of piperidine rings is 1. The number of rotatable bonds is 3. The zero-order valence-electron chi connectivity index (χ0n) is 11.0. The first-order valence-corrected chi connectivity index (χ1v) is 7.19. The monoisotopic (exact) mass is 315 g/mol. The molecule has 2 atom stereocenters. The van der Waals surface area contributed by atoms with E-state index in [2.05, 4.69) is 5.32 Å². The Kier molecular flexibility index (Phi) is 4.89. The summed E-state index contributed by atoms with van der Waals surface area (Å²) in [6, 6.07) is 5.18. The van der Waals surface area contributed by atoms with Crippen molar-refractivity contribution >= 4 is 35.1 Å². The number of hydrogen-bond donors (Lipinski definition) is 1. The minimum Gasteiger partial charge on any atom is -0.465 e. The van der Waals surface area contributed by atoms with E-state index in [9.17, 15) is 9.59 Å². The van der Waals surface area contributed by atoms with Crippen molar-refractivity contribution in [1.29, 1.82) is 0 Å². The van der Waals surface area contributed by atoms with Crippen LogP contribution in [0.4, 0.5) is 0 Å². The van der Waals surface area contributed by atoms with E-state index in [4.69, 9.17) is 27.9 Å². The molecule has 6 heteroatoms. The van der Waals surface area contributed by atoms with Gasteiger partial charge in [0.25, 0.3) is 0 Å². The summed E-state index contributed by atoms with van der Waals surface area (Å²) in [5.41, 5.74) is 0.826. The number of hydrogen-bond acceptors (Lipinski definition) is 3. The largest absolute Gasteiger partial charge is 0.465 e. The maximum Gasteiger partial charge on any atom is 0.319 e. The van der Waals surface area contributed by atoms with Crippen molar-refractivity contribution in [1.82, 2.24) is 5.32 Å². The van der Waals surface area contributed by atoms with Gasteiger partial charge >= 0.3 is 5.97 Å². The lowest BCUT2D eigenvalue weighted by Crippen LogP contribution is -2.45. The van der Waals surface area contributed by atoms with E-state index < -0.39 is 11.9 Å². The summed E-state index contributed by atoms with van der Waals surface area (Å²) < 4.78 is 5.00. The van der Waals surface area contributed by atoms with Gasteiger partial charge in [-0.3, -0.25) is 9.59 Å². The molecule has 0 aromatic heterocycles. The van der Waals surface area contributed by atoms with Crippen LogP contribution in [0.25, 0.3) is 0 Å². The molecular formula is C14H15Cl2NO3. The van der Waals surface area contributed by atoms with Crippen LogP contribution in [0.5, 0.6) is 0 Å². The maximum atomic E-state index is 12.0. The molecule has 1 amide bonds. The summed E-state index contributed by atoms with van der Waals surface area (Å²) >= 11 is 11.9. The molecule has 2 rings (SSSR count). The van der Waals surface area contributed by atoms with Gasteiger partial charge < -0.3 is 10.1 Å². The first-order valence-electron chi connectivity index (χ1n) is 6.44. The minimum absolute atomic E-state index is 0.238. The second-order valence-electron chi connectivity index (χ2n) is 4.59. The number of esters is 1. The molecular weight excluding hydrogens is 301 g/mol. The predicted molar refractivity (Wildman–Crippen MR) is 77.0 cm³/mol. The SMILES string of the molecule is CCOC(=O)[C@@H]1C(=O)NCCC1c1ccc(Cl)c(Cl)c1. The van der Waals surface area contributed by atoms with Crippen LogP contribution in [0.3, 0.4) is 0 Å². The number of carbonyl (C=O) groups is 2. The molecule has 1 fully saturated rings. The van der Waals surface area contributed by atoms with Crippen molar-refractivity contribution < 1.29 is 14.3 Å². The number of halogens is 2. The fraction of sp³-hybridized carbons (Fsp3) is 0.429. The number of nitrogens with one attached hydrogen (secondary N) is 1. The molecule has 108 valence electrons. The molecule has 1 aliphatic rings. The highest BCUT2D eigenvalue weighted by atomic mass is 35.5. The highest BCUT2D eigenvalue weighted by molar-refractivity contribution is 6.42. The minimum atomic E-state index is -0.832. The van der Waals surface area contributed by atoms with Gasteiger partial charge in [0.05, 0.1) is 16.7 Å². The van der Waals surface area contributed by atoms with E-state index >= 15 is 0 Å². The fourth-order valence-corrected chi connectivity index (χ4v) is 2.72. The van der Waals surface area contributed by atoms with Gasteiger partial charge in [-0.05, 0) is 31.0 Å². The summed E-state index contributed by atoms with van der Waals surface area (Å²) in [5, 5.41) is 3.56. The van der Waals surface area contributed by atoms with E-state index in [1.165, 1.54) is 0 Å². The van der Waals surface area contributed by atoms with Crippen LogP contribution in [0.15, 0.2) is 18.2 Å². The smallest absolute Gasteiger partial charge is 0.319 e. The quantitative estimate of drug-likeness (QED) is 0.689. The molecule has 1 unspecified atom stereocenters. The highest BCUT2D eigenvalue weighted by Gasteiger charge is 2.39. The lowest BCUT2D eigenvalue weighted by molar-refractivity contribution is -0.154. The summed E-state index contributed by atoms with van der Waals surface area (Å²) in [4.78, 5) is 24.0.